The van der Waals surface area contributed by atoms with E-state index in [0.29, 0.717) is 4.99 Å². The van der Waals surface area contributed by atoms with Crippen LogP contribution in [0.4, 0.5) is 0 Å². The quantitative estimate of drug-likeness (QED) is 0.871. The van der Waals surface area contributed by atoms with Gasteiger partial charge in [-0.15, -0.1) is 0 Å². The van der Waals surface area contributed by atoms with E-state index in [0.717, 1.165) is 32.5 Å². The van der Waals surface area contributed by atoms with E-state index in [1.165, 1.54) is 22.2 Å². The second-order valence-electron chi connectivity index (χ2n) is 5.30. The lowest BCUT2D eigenvalue weighted by molar-refractivity contribution is 0.309. The van der Waals surface area contributed by atoms with Crippen molar-refractivity contribution >= 4 is 28.1 Å². The highest BCUT2D eigenvalue weighted by Crippen LogP contribution is 2.30. The van der Waals surface area contributed by atoms with Gasteiger partial charge >= 0.3 is 0 Å². The Morgan fingerprint density at radius 2 is 2.16 bits per heavy atom. The van der Waals surface area contributed by atoms with E-state index in [1.54, 1.807) is 0 Å². The normalized spacial score (nSPS) is 15.6. The molecule has 0 saturated carbocycles. The summed E-state index contributed by atoms with van der Waals surface area (Å²) in [5.41, 5.74) is 9.93. The van der Waals surface area contributed by atoms with Crippen LogP contribution in [0.2, 0.25) is 0 Å². The van der Waals surface area contributed by atoms with Crippen molar-refractivity contribution in [2.45, 2.75) is 25.9 Å². The largest absolute Gasteiger partial charge is 0.393 e. The molecular weight excluding hydrogens is 254 g/mol. The maximum atomic E-state index is 5.66. The molecule has 3 rings (SSSR count). The van der Waals surface area contributed by atoms with E-state index in [4.69, 9.17) is 18.0 Å². The lowest BCUT2D eigenvalue weighted by Crippen LogP contribution is -2.27. The second-order valence-corrected chi connectivity index (χ2v) is 5.82. The Labute approximate surface area is 119 Å². The number of aryl methyl sites for hydroxylation is 1. The molecule has 1 aromatic carbocycles. The summed E-state index contributed by atoms with van der Waals surface area (Å²) in [6, 6.07) is 8.65. The van der Waals surface area contributed by atoms with Crippen LogP contribution in [0.5, 0.6) is 0 Å². The number of thiocarbonyl (C=S) groups is 1. The molecule has 0 aliphatic carbocycles. The molecule has 0 unspecified atom stereocenters. The first-order valence-corrected chi connectivity index (χ1v) is 7.13. The molecule has 0 spiro atoms. The molecule has 1 aliphatic rings. The lowest BCUT2D eigenvalue weighted by atomic mass is 10.1. The summed E-state index contributed by atoms with van der Waals surface area (Å²) in [5, 5.41) is 1.38. The van der Waals surface area contributed by atoms with Gasteiger partial charge in [0.25, 0.3) is 0 Å². The van der Waals surface area contributed by atoms with Crippen LogP contribution in [-0.4, -0.2) is 28.0 Å². The molecule has 4 heteroatoms. The van der Waals surface area contributed by atoms with Crippen molar-refractivity contribution in [1.82, 2.24) is 9.47 Å². The van der Waals surface area contributed by atoms with Crippen molar-refractivity contribution in [2.24, 2.45) is 5.73 Å². The number of rotatable bonds is 3. The second kappa shape index (κ2) is 4.94. The zero-order valence-electron chi connectivity index (χ0n) is 11.2. The number of fused-ring (bicyclic) bond motifs is 3. The van der Waals surface area contributed by atoms with Gasteiger partial charge in [0.2, 0.25) is 0 Å². The van der Waals surface area contributed by atoms with Gasteiger partial charge < -0.3 is 15.2 Å². The fourth-order valence-corrected chi connectivity index (χ4v) is 3.10. The standard InChI is InChI=1S/C15H19N3S/c1-17-8-6-14-12(10-17)11-4-2-3-5-13(11)18(14)9-7-15(16)19/h2-5H,6-10H2,1H3,(H2,16,19). The monoisotopic (exact) mass is 273 g/mol. The van der Waals surface area contributed by atoms with Gasteiger partial charge in [-0.3, -0.25) is 0 Å². The average Bonchev–Trinajstić information content (AvgIpc) is 2.70. The van der Waals surface area contributed by atoms with Crippen molar-refractivity contribution < 1.29 is 0 Å². The number of para-hydroxylation sites is 1. The molecule has 1 aliphatic heterocycles. The van der Waals surface area contributed by atoms with Crippen molar-refractivity contribution in [2.75, 3.05) is 13.6 Å². The molecule has 19 heavy (non-hydrogen) atoms. The highest BCUT2D eigenvalue weighted by atomic mass is 32.1. The number of benzene rings is 1. The van der Waals surface area contributed by atoms with Gasteiger partial charge in [-0.25, -0.2) is 0 Å². The van der Waals surface area contributed by atoms with Crippen LogP contribution < -0.4 is 5.73 Å². The summed E-state index contributed by atoms with van der Waals surface area (Å²) < 4.78 is 2.41. The van der Waals surface area contributed by atoms with Crippen LogP contribution >= 0.6 is 12.2 Å². The van der Waals surface area contributed by atoms with E-state index in [9.17, 15) is 0 Å². The highest BCUT2D eigenvalue weighted by molar-refractivity contribution is 7.80. The molecular formula is C15H19N3S. The van der Waals surface area contributed by atoms with E-state index in [2.05, 4.69) is 40.8 Å². The topological polar surface area (TPSA) is 34.2 Å². The maximum absolute atomic E-state index is 5.66. The van der Waals surface area contributed by atoms with E-state index >= 15 is 0 Å². The summed E-state index contributed by atoms with van der Waals surface area (Å²) in [4.78, 5) is 2.98. The molecule has 0 radical (unpaired) electrons. The Morgan fingerprint density at radius 3 is 2.95 bits per heavy atom. The Hall–Kier alpha value is -1.39. The number of hydrogen-bond donors (Lipinski definition) is 1. The van der Waals surface area contributed by atoms with Gasteiger partial charge in [0.15, 0.2) is 0 Å². The van der Waals surface area contributed by atoms with Gasteiger partial charge in [-0.2, -0.15) is 0 Å². The third kappa shape index (κ3) is 2.26. The van der Waals surface area contributed by atoms with Crippen molar-refractivity contribution in [3.63, 3.8) is 0 Å². The molecule has 0 fully saturated rings. The smallest absolute Gasteiger partial charge is 0.0745 e. The first kappa shape index (κ1) is 12.6. The van der Waals surface area contributed by atoms with Crippen molar-refractivity contribution in [3.05, 3.63) is 35.5 Å². The van der Waals surface area contributed by atoms with Gasteiger partial charge in [-0.05, 0) is 18.7 Å². The maximum Gasteiger partial charge on any atom is 0.0745 e. The molecule has 2 heterocycles. The molecule has 0 atom stereocenters. The first-order chi connectivity index (χ1) is 9.16. The van der Waals surface area contributed by atoms with Crippen molar-refractivity contribution in [1.29, 1.82) is 0 Å². The van der Waals surface area contributed by atoms with Gasteiger partial charge in [0.1, 0.15) is 0 Å². The van der Waals surface area contributed by atoms with E-state index < -0.39 is 0 Å². The Kier molecular flexibility index (Phi) is 3.29. The third-order valence-electron chi connectivity index (χ3n) is 3.93. The number of likely N-dealkylation sites (N-methyl/N-ethyl adjacent to an activating group) is 1. The predicted octanol–water partition coefficient (Wildman–Crippen LogP) is 2.31. The predicted molar refractivity (Wildman–Crippen MR) is 83.4 cm³/mol. The first-order valence-electron chi connectivity index (χ1n) is 6.72. The number of aromatic nitrogens is 1. The minimum atomic E-state index is 0.597. The molecule has 0 amide bonds. The summed E-state index contributed by atoms with van der Waals surface area (Å²) in [6.45, 7) is 3.06. The van der Waals surface area contributed by atoms with Crippen LogP contribution in [0.3, 0.4) is 0 Å². The van der Waals surface area contributed by atoms with Crippen LogP contribution in [0, 0.1) is 0 Å². The molecule has 3 nitrogen and oxygen atoms in total. The molecule has 2 aromatic rings. The van der Waals surface area contributed by atoms with Crippen LogP contribution in [0.15, 0.2) is 24.3 Å². The Bertz CT molecular complexity index is 630. The fraction of sp³-hybridized carbons (Fsp3) is 0.400. The number of nitrogens with two attached hydrogens (primary N) is 1. The molecule has 0 bridgehead atoms. The van der Waals surface area contributed by atoms with Gasteiger partial charge in [-0.1, -0.05) is 30.4 Å². The minimum Gasteiger partial charge on any atom is -0.393 e. The minimum absolute atomic E-state index is 0.597. The molecule has 1 aromatic heterocycles. The van der Waals surface area contributed by atoms with Crippen LogP contribution in [0.1, 0.15) is 17.7 Å². The average molecular weight is 273 g/mol. The van der Waals surface area contributed by atoms with Crippen LogP contribution in [-0.2, 0) is 19.5 Å². The van der Waals surface area contributed by atoms with Crippen molar-refractivity contribution in [3.8, 4) is 0 Å². The van der Waals surface area contributed by atoms with Crippen LogP contribution in [0.25, 0.3) is 10.9 Å². The molecule has 2 N–H and O–H groups in total. The molecule has 0 saturated heterocycles. The van der Waals surface area contributed by atoms with Gasteiger partial charge in [0, 0.05) is 49.1 Å². The van der Waals surface area contributed by atoms with E-state index in [1.807, 2.05) is 0 Å². The zero-order valence-corrected chi connectivity index (χ0v) is 12.0. The lowest BCUT2D eigenvalue weighted by Gasteiger charge is -2.24. The summed E-state index contributed by atoms with van der Waals surface area (Å²) in [6.07, 6.45) is 1.88. The van der Waals surface area contributed by atoms with E-state index in [-0.39, 0.29) is 0 Å². The number of nitrogens with zero attached hydrogens (tertiary/aromatic N) is 2. The summed E-state index contributed by atoms with van der Waals surface area (Å²) in [5.74, 6) is 0. The SMILES string of the molecule is CN1CCc2c(c3ccccc3n2CCC(N)=S)C1. The summed E-state index contributed by atoms with van der Waals surface area (Å²) in [7, 11) is 2.18. The third-order valence-corrected chi connectivity index (χ3v) is 4.14. The zero-order chi connectivity index (χ0) is 13.4. The summed E-state index contributed by atoms with van der Waals surface area (Å²) >= 11 is 5.02. The highest BCUT2D eigenvalue weighted by Gasteiger charge is 2.21. The molecule has 100 valence electrons. The Balaban J connectivity index is 2.12. The fourth-order valence-electron chi connectivity index (χ4n) is 3.01. The number of hydrogen-bond acceptors (Lipinski definition) is 2. The Morgan fingerprint density at radius 1 is 1.37 bits per heavy atom. The van der Waals surface area contributed by atoms with Gasteiger partial charge in [0.05, 0.1) is 4.99 Å².